The number of ether oxygens (including phenoxy) is 2. The molecule has 0 N–H and O–H groups in total. The number of rotatable bonds is 5. The van der Waals surface area contributed by atoms with E-state index >= 15 is 0 Å². The molecule has 1 spiro atoms. The Bertz CT molecular complexity index is 1130. The van der Waals surface area contributed by atoms with Crippen LogP contribution in [0.25, 0.3) is 0 Å². The van der Waals surface area contributed by atoms with Crippen molar-refractivity contribution in [3.8, 4) is 0 Å². The van der Waals surface area contributed by atoms with Crippen molar-refractivity contribution in [2.24, 2.45) is 11.8 Å². The van der Waals surface area contributed by atoms with Gasteiger partial charge in [0.1, 0.15) is 12.2 Å². The Morgan fingerprint density at radius 1 is 0.765 bits per heavy atom. The average Bonchev–Trinajstić information content (AvgIpc) is 3.21. The molecule has 5 rings (SSSR count). The third-order valence-corrected chi connectivity index (χ3v) is 9.16. The van der Waals surface area contributed by atoms with Gasteiger partial charge in [0.2, 0.25) is 0 Å². The highest BCUT2D eigenvalue weighted by Crippen LogP contribution is 2.55. The second-order valence-electron chi connectivity index (χ2n) is 9.63. The van der Waals surface area contributed by atoms with Crippen molar-refractivity contribution in [2.45, 2.75) is 55.5 Å². The van der Waals surface area contributed by atoms with E-state index in [-0.39, 0.29) is 29.8 Å². The molecule has 1 heterocycles. The van der Waals surface area contributed by atoms with Gasteiger partial charge in [-0.2, -0.15) is 0 Å². The molecule has 1 aliphatic carbocycles. The zero-order valence-electron chi connectivity index (χ0n) is 19.5. The van der Waals surface area contributed by atoms with Crippen LogP contribution in [-0.2, 0) is 19.3 Å². The first-order valence-electron chi connectivity index (χ1n) is 12.2. The maximum atomic E-state index is 13.5. The van der Waals surface area contributed by atoms with Crippen molar-refractivity contribution in [2.75, 3.05) is 5.75 Å². The van der Waals surface area contributed by atoms with Crippen molar-refractivity contribution in [3.05, 3.63) is 102 Å². The first-order valence-corrected chi connectivity index (χ1v) is 13.9. The van der Waals surface area contributed by atoms with Crippen LogP contribution in [0, 0.1) is 11.8 Å². The molecule has 5 heteroatoms. The summed E-state index contributed by atoms with van der Waals surface area (Å²) >= 11 is 0. The maximum absolute atomic E-state index is 13.5. The van der Waals surface area contributed by atoms with Gasteiger partial charge in [-0.05, 0) is 35.6 Å². The molecule has 1 saturated heterocycles. The predicted molar refractivity (Wildman–Crippen MR) is 133 cm³/mol. The zero-order valence-corrected chi connectivity index (χ0v) is 20.4. The monoisotopic (exact) mass is 476 g/mol. The lowest BCUT2D eigenvalue weighted by molar-refractivity contribution is -0.219. The Morgan fingerprint density at radius 2 is 1.26 bits per heavy atom. The molecule has 178 valence electrons. The van der Waals surface area contributed by atoms with Gasteiger partial charge in [0.15, 0.2) is 15.6 Å². The molecule has 1 saturated carbocycles. The molecule has 3 aromatic carbocycles. The number of benzene rings is 3. The fraction of sp³-hybridized carbons (Fsp3) is 0.379. The summed E-state index contributed by atoms with van der Waals surface area (Å²) in [5.74, 6) is -1.04. The lowest BCUT2D eigenvalue weighted by atomic mass is 9.86. The van der Waals surface area contributed by atoms with E-state index in [0.29, 0.717) is 11.3 Å². The van der Waals surface area contributed by atoms with Crippen molar-refractivity contribution in [1.82, 2.24) is 0 Å². The lowest BCUT2D eigenvalue weighted by Crippen LogP contribution is -2.45. The van der Waals surface area contributed by atoms with E-state index < -0.39 is 15.6 Å². The summed E-state index contributed by atoms with van der Waals surface area (Å²) < 4.78 is 40.8. The molecule has 0 radical (unpaired) electrons. The van der Waals surface area contributed by atoms with Gasteiger partial charge >= 0.3 is 0 Å². The minimum Gasteiger partial charge on any atom is -0.339 e. The second-order valence-corrected chi connectivity index (χ2v) is 11.7. The number of hydrogen-bond acceptors (Lipinski definition) is 4. The van der Waals surface area contributed by atoms with Gasteiger partial charge in [0.05, 0.1) is 10.6 Å². The van der Waals surface area contributed by atoms with Crippen LogP contribution < -0.4 is 0 Å². The van der Waals surface area contributed by atoms with Crippen LogP contribution >= 0.6 is 0 Å². The van der Waals surface area contributed by atoms with Crippen molar-refractivity contribution in [1.29, 1.82) is 0 Å². The highest BCUT2D eigenvalue weighted by Gasteiger charge is 2.55. The average molecular weight is 477 g/mol. The van der Waals surface area contributed by atoms with E-state index in [1.165, 1.54) is 0 Å². The summed E-state index contributed by atoms with van der Waals surface area (Å²) in [5, 5.41) is 0. The van der Waals surface area contributed by atoms with Gasteiger partial charge in [-0.25, -0.2) is 8.42 Å². The number of sulfone groups is 1. The molecule has 2 fully saturated rings. The molecule has 1 aliphatic heterocycles. The van der Waals surface area contributed by atoms with Gasteiger partial charge in [-0.1, -0.05) is 98.6 Å². The summed E-state index contributed by atoms with van der Waals surface area (Å²) in [6.07, 6.45) is 3.07. The van der Waals surface area contributed by atoms with E-state index in [4.69, 9.17) is 9.47 Å². The van der Waals surface area contributed by atoms with E-state index in [1.54, 1.807) is 24.3 Å². The van der Waals surface area contributed by atoms with Crippen LogP contribution in [-0.4, -0.2) is 20.0 Å². The maximum Gasteiger partial charge on any atom is 0.178 e. The van der Waals surface area contributed by atoms with Crippen LogP contribution in [0.1, 0.15) is 55.9 Å². The first kappa shape index (κ1) is 23.3. The lowest BCUT2D eigenvalue weighted by Gasteiger charge is -2.38. The second kappa shape index (κ2) is 9.65. The quantitative estimate of drug-likeness (QED) is 0.421. The minimum atomic E-state index is -3.50. The standard InChI is InChI=1S/C29H32O4S/c1-22-13-11-12-20-29(26(22)21-34(30,31)25-18-9-4-10-19-25)32-27(23-14-5-2-6-15-23)28(33-29)24-16-7-3-8-17-24/h2-10,14-19,22,26-28H,11-13,20-21H2,1H3/t22-,26-,27-,28-/m0/s1. The van der Waals surface area contributed by atoms with Gasteiger partial charge < -0.3 is 9.47 Å². The van der Waals surface area contributed by atoms with Crippen LogP contribution in [0.5, 0.6) is 0 Å². The largest absolute Gasteiger partial charge is 0.339 e. The molecule has 0 unspecified atom stereocenters. The van der Waals surface area contributed by atoms with Crippen LogP contribution in [0.15, 0.2) is 95.9 Å². The van der Waals surface area contributed by atoms with E-state index in [0.717, 1.165) is 30.4 Å². The van der Waals surface area contributed by atoms with Crippen molar-refractivity contribution in [3.63, 3.8) is 0 Å². The van der Waals surface area contributed by atoms with Crippen LogP contribution in [0.2, 0.25) is 0 Å². The predicted octanol–water partition coefficient (Wildman–Crippen LogP) is 6.51. The Morgan fingerprint density at radius 3 is 1.79 bits per heavy atom. The Hall–Kier alpha value is -2.47. The van der Waals surface area contributed by atoms with Crippen molar-refractivity contribution >= 4 is 9.84 Å². The topological polar surface area (TPSA) is 52.6 Å². The Labute approximate surface area is 202 Å². The molecule has 34 heavy (non-hydrogen) atoms. The van der Waals surface area contributed by atoms with Crippen molar-refractivity contribution < 1.29 is 17.9 Å². The van der Waals surface area contributed by atoms with Gasteiger partial charge in [0.25, 0.3) is 0 Å². The molecule has 0 aromatic heterocycles. The fourth-order valence-corrected chi connectivity index (χ4v) is 7.37. The molecule has 0 amide bonds. The minimum absolute atomic E-state index is 0.0151. The molecule has 2 aliphatic rings. The summed E-state index contributed by atoms with van der Waals surface area (Å²) in [6, 6.07) is 29.1. The normalized spacial score (nSPS) is 26.9. The molecule has 3 aromatic rings. The molecule has 4 nitrogen and oxygen atoms in total. The summed E-state index contributed by atoms with van der Waals surface area (Å²) in [7, 11) is -3.50. The Balaban J connectivity index is 1.56. The van der Waals surface area contributed by atoms with E-state index in [9.17, 15) is 8.42 Å². The van der Waals surface area contributed by atoms with Crippen LogP contribution in [0.4, 0.5) is 0 Å². The van der Waals surface area contributed by atoms with E-state index in [1.807, 2.05) is 42.5 Å². The Kier molecular flexibility index (Phi) is 6.61. The summed E-state index contributed by atoms with van der Waals surface area (Å²) in [4.78, 5) is 0.360. The summed E-state index contributed by atoms with van der Waals surface area (Å²) in [6.45, 7) is 2.15. The summed E-state index contributed by atoms with van der Waals surface area (Å²) in [5.41, 5.74) is 2.10. The van der Waals surface area contributed by atoms with Gasteiger partial charge in [-0.3, -0.25) is 0 Å². The first-order chi connectivity index (χ1) is 16.5. The highest BCUT2D eigenvalue weighted by molar-refractivity contribution is 7.91. The van der Waals surface area contributed by atoms with Gasteiger partial charge in [-0.15, -0.1) is 0 Å². The van der Waals surface area contributed by atoms with Crippen LogP contribution in [0.3, 0.4) is 0 Å². The van der Waals surface area contributed by atoms with Gasteiger partial charge in [0, 0.05) is 12.3 Å². The smallest absolute Gasteiger partial charge is 0.178 e. The fourth-order valence-electron chi connectivity index (χ4n) is 5.55. The molecular formula is C29H32O4S. The third-order valence-electron chi connectivity index (χ3n) is 7.37. The number of hydrogen-bond donors (Lipinski definition) is 0. The zero-order chi connectivity index (χ0) is 23.6. The highest BCUT2D eigenvalue weighted by atomic mass is 32.2. The molecule has 0 bridgehead atoms. The third kappa shape index (κ3) is 4.57. The van der Waals surface area contributed by atoms with E-state index in [2.05, 4.69) is 31.2 Å². The SMILES string of the molecule is C[C@H]1CCCCC2(O[C@@H](c3ccccc3)[C@H](c3ccccc3)O2)[C@H]1CS(=O)(=O)c1ccccc1. The molecular weight excluding hydrogens is 444 g/mol. The molecule has 4 atom stereocenters.